The van der Waals surface area contributed by atoms with Crippen molar-refractivity contribution in [2.45, 2.75) is 30.7 Å². The van der Waals surface area contributed by atoms with E-state index in [1.165, 1.54) is 11.8 Å². The van der Waals surface area contributed by atoms with Crippen molar-refractivity contribution < 1.29 is 14.3 Å². The number of nitrogens with one attached hydrogen (secondary N) is 2. The molecule has 8 heteroatoms. The molecule has 2 N–H and O–H groups in total. The Labute approximate surface area is 161 Å². The Morgan fingerprint density at radius 3 is 2.85 bits per heavy atom. The fraction of sp³-hybridized carbons (Fsp3) is 0.421. The molecular formula is C19H23N3O4S. The molecule has 2 aromatic rings. The molecule has 1 aromatic carbocycles. The number of aromatic nitrogens is 2. The molecule has 1 aliphatic carbocycles. The molecule has 0 radical (unpaired) electrons. The van der Waals surface area contributed by atoms with Crippen molar-refractivity contribution in [2.24, 2.45) is 0 Å². The summed E-state index contributed by atoms with van der Waals surface area (Å²) < 4.78 is 10.5. The molecule has 1 amide bonds. The second-order valence-corrected chi connectivity index (χ2v) is 7.20. The molecule has 0 spiro atoms. The normalized spacial score (nSPS) is 12.5. The Kier molecular flexibility index (Phi) is 6.39. The van der Waals surface area contributed by atoms with Crippen LogP contribution < -0.4 is 20.5 Å². The molecule has 0 saturated heterocycles. The highest BCUT2D eigenvalue weighted by Crippen LogP contribution is 2.28. The Bertz CT molecular complexity index is 882. The molecule has 144 valence electrons. The zero-order valence-electron chi connectivity index (χ0n) is 15.5. The number of thioether (sulfide) groups is 1. The maximum atomic E-state index is 12.1. The molecule has 1 aliphatic rings. The number of H-pyrrole nitrogens is 1. The summed E-state index contributed by atoms with van der Waals surface area (Å²) in [7, 11) is 3.19. The Morgan fingerprint density at radius 1 is 1.26 bits per heavy atom. The van der Waals surface area contributed by atoms with Crippen LogP contribution in [0.2, 0.25) is 0 Å². The SMILES string of the molecule is COc1ccc(CCNC(=O)CSc2nc(=O)[nH]c3c2CCC3)cc1OC. The predicted molar refractivity (Wildman–Crippen MR) is 104 cm³/mol. The molecule has 7 nitrogen and oxygen atoms in total. The number of nitrogens with zero attached hydrogens (tertiary/aromatic N) is 1. The summed E-state index contributed by atoms with van der Waals surface area (Å²) in [6.45, 7) is 0.524. The number of benzene rings is 1. The number of carbonyl (C=O) groups excluding carboxylic acids is 1. The molecule has 0 aliphatic heterocycles. The average molecular weight is 389 g/mol. The summed E-state index contributed by atoms with van der Waals surface area (Å²) in [5.74, 6) is 1.52. The smallest absolute Gasteiger partial charge is 0.346 e. The third-order valence-electron chi connectivity index (χ3n) is 4.46. The van der Waals surface area contributed by atoms with Gasteiger partial charge in [0, 0.05) is 17.8 Å². The largest absolute Gasteiger partial charge is 0.493 e. The first-order chi connectivity index (χ1) is 13.1. The van der Waals surface area contributed by atoms with Gasteiger partial charge >= 0.3 is 5.69 Å². The Balaban J connectivity index is 1.49. The van der Waals surface area contributed by atoms with Crippen LogP contribution in [0.4, 0.5) is 0 Å². The van der Waals surface area contributed by atoms with E-state index in [2.05, 4.69) is 15.3 Å². The number of ether oxygens (including phenoxy) is 2. The maximum absolute atomic E-state index is 12.1. The highest BCUT2D eigenvalue weighted by atomic mass is 32.2. The van der Waals surface area contributed by atoms with E-state index in [1.54, 1.807) is 14.2 Å². The topological polar surface area (TPSA) is 93.3 Å². The van der Waals surface area contributed by atoms with Crippen LogP contribution in [0.1, 0.15) is 23.2 Å². The van der Waals surface area contributed by atoms with Crippen LogP contribution in [0.3, 0.4) is 0 Å². The van der Waals surface area contributed by atoms with Crippen LogP contribution in [0.5, 0.6) is 11.5 Å². The molecule has 0 fully saturated rings. The van der Waals surface area contributed by atoms with Crippen LogP contribution in [-0.4, -0.2) is 42.4 Å². The molecule has 0 unspecified atom stereocenters. The van der Waals surface area contributed by atoms with E-state index >= 15 is 0 Å². The minimum Gasteiger partial charge on any atom is -0.493 e. The van der Waals surface area contributed by atoms with Crippen molar-refractivity contribution in [1.82, 2.24) is 15.3 Å². The summed E-state index contributed by atoms with van der Waals surface area (Å²) in [5, 5.41) is 3.59. The number of rotatable bonds is 8. The van der Waals surface area contributed by atoms with Gasteiger partial charge in [0.1, 0.15) is 5.03 Å². The van der Waals surface area contributed by atoms with Gasteiger partial charge in [0.25, 0.3) is 0 Å². The van der Waals surface area contributed by atoms with Crippen LogP contribution >= 0.6 is 11.8 Å². The lowest BCUT2D eigenvalue weighted by Crippen LogP contribution is -2.27. The van der Waals surface area contributed by atoms with Crippen LogP contribution in [0.15, 0.2) is 28.0 Å². The summed E-state index contributed by atoms with van der Waals surface area (Å²) in [5.41, 5.74) is 2.76. The van der Waals surface area contributed by atoms with Gasteiger partial charge in [0.2, 0.25) is 5.91 Å². The van der Waals surface area contributed by atoms with E-state index in [9.17, 15) is 9.59 Å². The highest BCUT2D eigenvalue weighted by Gasteiger charge is 2.18. The minimum atomic E-state index is -0.341. The Morgan fingerprint density at radius 2 is 2.07 bits per heavy atom. The van der Waals surface area contributed by atoms with Gasteiger partial charge in [-0.2, -0.15) is 4.98 Å². The molecule has 0 atom stereocenters. The Hall–Kier alpha value is -2.48. The number of amides is 1. The molecule has 1 aromatic heterocycles. The number of fused-ring (bicyclic) bond motifs is 1. The second kappa shape index (κ2) is 8.94. The summed E-state index contributed by atoms with van der Waals surface area (Å²) >= 11 is 1.33. The zero-order chi connectivity index (χ0) is 19.2. The number of aryl methyl sites for hydroxylation is 1. The summed E-state index contributed by atoms with van der Waals surface area (Å²) in [6.07, 6.45) is 3.48. The predicted octanol–water partition coefficient (Wildman–Crippen LogP) is 1.73. The molecule has 1 heterocycles. The first kappa shape index (κ1) is 19.3. The van der Waals surface area contributed by atoms with Gasteiger partial charge in [-0.1, -0.05) is 17.8 Å². The van der Waals surface area contributed by atoms with Gasteiger partial charge < -0.3 is 19.8 Å². The second-order valence-electron chi connectivity index (χ2n) is 6.24. The molecular weight excluding hydrogens is 366 g/mol. The van der Waals surface area contributed by atoms with E-state index in [4.69, 9.17) is 9.47 Å². The van der Waals surface area contributed by atoms with E-state index in [-0.39, 0.29) is 17.3 Å². The first-order valence-corrected chi connectivity index (χ1v) is 9.81. The van der Waals surface area contributed by atoms with Gasteiger partial charge in [-0.05, 0) is 43.4 Å². The van der Waals surface area contributed by atoms with Gasteiger partial charge in [0.15, 0.2) is 11.5 Å². The molecule has 0 saturated carbocycles. The van der Waals surface area contributed by atoms with E-state index in [1.807, 2.05) is 18.2 Å². The zero-order valence-corrected chi connectivity index (χ0v) is 16.3. The van der Waals surface area contributed by atoms with Gasteiger partial charge in [0.05, 0.1) is 20.0 Å². The monoisotopic (exact) mass is 389 g/mol. The minimum absolute atomic E-state index is 0.0747. The summed E-state index contributed by atoms with van der Waals surface area (Å²) in [4.78, 5) is 30.6. The first-order valence-electron chi connectivity index (χ1n) is 8.83. The third-order valence-corrected chi connectivity index (χ3v) is 5.48. The lowest BCUT2D eigenvalue weighted by molar-refractivity contribution is -0.118. The molecule has 3 rings (SSSR count). The van der Waals surface area contributed by atoms with Crippen LogP contribution in [-0.2, 0) is 24.1 Å². The van der Waals surface area contributed by atoms with E-state index in [0.29, 0.717) is 29.5 Å². The van der Waals surface area contributed by atoms with Crippen molar-refractivity contribution in [2.75, 3.05) is 26.5 Å². The lowest BCUT2D eigenvalue weighted by atomic mass is 10.1. The van der Waals surface area contributed by atoms with Crippen molar-refractivity contribution in [3.05, 3.63) is 45.5 Å². The third kappa shape index (κ3) is 4.82. The number of hydrogen-bond donors (Lipinski definition) is 2. The fourth-order valence-corrected chi connectivity index (χ4v) is 4.04. The van der Waals surface area contributed by atoms with Gasteiger partial charge in [-0.25, -0.2) is 4.79 Å². The average Bonchev–Trinajstić information content (AvgIpc) is 3.14. The number of hydrogen-bond acceptors (Lipinski definition) is 6. The van der Waals surface area contributed by atoms with Crippen LogP contribution in [0, 0.1) is 0 Å². The number of aromatic amines is 1. The standard InChI is InChI=1S/C19H23N3O4S/c1-25-15-7-6-12(10-16(15)26-2)8-9-20-17(23)11-27-18-13-4-3-5-14(13)21-19(24)22-18/h6-7,10H,3-5,8-9,11H2,1-2H3,(H,20,23)(H,21,22,24). The maximum Gasteiger partial charge on any atom is 0.346 e. The number of methoxy groups -OCH3 is 2. The molecule has 0 bridgehead atoms. The summed E-state index contributed by atoms with van der Waals surface area (Å²) in [6, 6.07) is 5.71. The quantitative estimate of drug-likeness (QED) is 0.528. The number of carbonyl (C=O) groups is 1. The van der Waals surface area contributed by atoms with E-state index in [0.717, 1.165) is 36.1 Å². The van der Waals surface area contributed by atoms with E-state index < -0.39 is 0 Å². The van der Waals surface area contributed by atoms with Crippen molar-refractivity contribution >= 4 is 17.7 Å². The fourth-order valence-electron chi connectivity index (χ4n) is 3.12. The van der Waals surface area contributed by atoms with Crippen molar-refractivity contribution in [3.8, 4) is 11.5 Å². The molecule has 27 heavy (non-hydrogen) atoms. The van der Waals surface area contributed by atoms with Gasteiger partial charge in [-0.15, -0.1) is 0 Å². The van der Waals surface area contributed by atoms with Crippen molar-refractivity contribution in [3.63, 3.8) is 0 Å². The van der Waals surface area contributed by atoms with Gasteiger partial charge in [-0.3, -0.25) is 4.79 Å². The highest BCUT2D eigenvalue weighted by molar-refractivity contribution is 7.99. The van der Waals surface area contributed by atoms with Crippen molar-refractivity contribution in [1.29, 1.82) is 0 Å². The van der Waals surface area contributed by atoms with Crippen LogP contribution in [0.25, 0.3) is 0 Å². The lowest BCUT2D eigenvalue weighted by Gasteiger charge is -2.10.